The molecule has 0 radical (unpaired) electrons. The van der Waals surface area contributed by atoms with Gasteiger partial charge in [-0.3, -0.25) is 4.79 Å². The normalized spacial score (nSPS) is 12.1. The highest BCUT2D eigenvalue weighted by Gasteiger charge is 2.12. The number of benzene rings is 1. The summed E-state index contributed by atoms with van der Waals surface area (Å²) in [6, 6.07) is 9.10. The zero-order chi connectivity index (χ0) is 15.2. The van der Waals surface area contributed by atoms with Gasteiger partial charge in [0.2, 0.25) is 0 Å². The quantitative estimate of drug-likeness (QED) is 0.860. The van der Waals surface area contributed by atoms with Crippen molar-refractivity contribution >= 4 is 5.91 Å². The molecule has 1 unspecified atom stereocenters. The van der Waals surface area contributed by atoms with Crippen LogP contribution in [-0.2, 0) is 0 Å². The predicted octanol–water partition coefficient (Wildman–Crippen LogP) is 2.98. The maximum absolute atomic E-state index is 12.9. The van der Waals surface area contributed by atoms with Crippen molar-refractivity contribution in [3.8, 4) is 11.3 Å². The van der Waals surface area contributed by atoms with Gasteiger partial charge in [0.25, 0.3) is 5.91 Å². The summed E-state index contributed by atoms with van der Waals surface area (Å²) in [6.45, 7) is 2.27. The van der Waals surface area contributed by atoms with Gasteiger partial charge in [0, 0.05) is 12.1 Å². The summed E-state index contributed by atoms with van der Waals surface area (Å²) >= 11 is 0. The zero-order valence-corrected chi connectivity index (χ0v) is 11.8. The van der Waals surface area contributed by atoms with Crippen LogP contribution in [0.3, 0.4) is 0 Å². The fourth-order valence-electron chi connectivity index (χ4n) is 1.87. The first-order valence-electron chi connectivity index (χ1n) is 6.92. The second-order valence-corrected chi connectivity index (χ2v) is 4.78. The smallest absolute Gasteiger partial charge is 0.287 e. The van der Waals surface area contributed by atoms with Gasteiger partial charge >= 0.3 is 0 Å². The second kappa shape index (κ2) is 7.04. The van der Waals surface area contributed by atoms with E-state index in [-0.39, 0.29) is 17.5 Å². The van der Waals surface area contributed by atoms with E-state index in [9.17, 15) is 14.3 Å². The summed E-state index contributed by atoms with van der Waals surface area (Å²) in [5.41, 5.74) is 0.705. The summed E-state index contributed by atoms with van der Waals surface area (Å²) in [5.74, 6) is 0.0541. The number of rotatable bonds is 6. The molecular formula is C16H18FNO3. The van der Waals surface area contributed by atoms with E-state index in [0.29, 0.717) is 30.7 Å². The lowest BCUT2D eigenvalue weighted by molar-refractivity contribution is 0.0915. The number of aliphatic hydroxyl groups excluding tert-OH is 1. The Morgan fingerprint density at radius 3 is 2.67 bits per heavy atom. The van der Waals surface area contributed by atoms with E-state index in [0.717, 1.165) is 0 Å². The minimum Gasteiger partial charge on any atom is -0.451 e. The summed E-state index contributed by atoms with van der Waals surface area (Å²) in [6.07, 6.45) is 0.760. The molecule has 0 saturated carbocycles. The molecule has 1 aromatic heterocycles. The summed E-state index contributed by atoms with van der Waals surface area (Å²) in [7, 11) is 0. The number of nitrogens with one attached hydrogen (secondary N) is 1. The van der Waals surface area contributed by atoms with Crippen LogP contribution in [0.2, 0.25) is 0 Å². The van der Waals surface area contributed by atoms with Crippen molar-refractivity contribution in [2.24, 2.45) is 0 Å². The molecule has 4 nitrogen and oxygen atoms in total. The van der Waals surface area contributed by atoms with Crippen LogP contribution in [0.4, 0.5) is 4.39 Å². The molecule has 1 heterocycles. The molecule has 0 aliphatic heterocycles. The van der Waals surface area contributed by atoms with E-state index >= 15 is 0 Å². The van der Waals surface area contributed by atoms with Crippen LogP contribution in [0.15, 0.2) is 40.8 Å². The maximum Gasteiger partial charge on any atom is 0.287 e. The minimum absolute atomic E-state index is 0.195. The highest BCUT2D eigenvalue weighted by molar-refractivity contribution is 5.92. The molecule has 0 spiro atoms. The maximum atomic E-state index is 12.9. The number of halogens is 1. The van der Waals surface area contributed by atoms with Crippen molar-refractivity contribution in [1.82, 2.24) is 5.32 Å². The SMILES string of the molecule is CCC(O)CCNC(=O)c1ccc(-c2ccc(F)cc2)o1. The van der Waals surface area contributed by atoms with Crippen molar-refractivity contribution in [1.29, 1.82) is 0 Å². The molecule has 0 saturated heterocycles. The van der Waals surface area contributed by atoms with Gasteiger partial charge in [0.15, 0.2) is 5.76 Å². The Labute approximate surface area is 122 Å². The first kappa shape index (κ1) is 15.3. The van der Waals surface area contributed by atoms with E-state index in [1.807, 2.05) is 6.92 Å². The standard InChI is InChI=1S/C16H18FNO3/c1-2-13(19)9-10-18-16(20)15-8-7-14(21-15)11-3-5-12(17)6-4-11/h3-8,13,19H,2,9-10H2,1H3,(H,18,20). The molecule has 5 heteroatoms. The number of carbonyl (C=O) groups is 1. The molecule has 1 aromatic carbocycles. The third-order valence-corrected chi connectivity index (χ3v) is 3.19. The third kappa shape index (κ3) is 4.16. The fraction of sp³-hybridized carbons (Fsp3) is 0.312. The zero-order valence-electron chi connectivity index (χ0n) is 11.8. The number of carbonyl (C=O) groups excluding carboxylic acids is 1. The molecule has 0 fully saturated rings. The van der Waals surface area contributed by atoms with Crippen molar-refractivity contribution in [2.45, 2.75) is 25.9 Å². The molecule has 0 bridgehead atoms. The van der Waals surface area contributed by atoms with E-state index < -0.39 is 6.10 Å². The molecule has 2 N–H and O–H groups in total. The first-order chi connectivity index (χ1) is 10.1. The Morgan fingerprint density at radius 2 is 2.00 bits per heavy atom. The van der Waals surface area contributed by atoms with Crippen LogP contribution < -0.4 is 5.32 Å². The molecule has 0 aliphatic carbocycles. The number of hydrogen-bond acceptors (Lipinski definition) is 3. The summed E-state index contributed by atoms with van der Waals surface area (Å²) in [4.78, 5) is 11.9. The lowest BCUT2D eigenvalue weighted by atomic mass is 10.2. The first-order valence-corrected chi connectivity index (χ1v) is 6.92. The Kier molecular flexibility index (Phi) is 5.11. The van der Waals surface area contributed by atoms with E-state index in [1.165, 1.54) is 12.1 Å². The van der Waals surface area contributed by atoms with Crippen molar-refractivity contribution in [3.63, 3.8) is 0 Å². The Hall–Kier alpha value is -2.14. The Morgan fingerprint density at radius 1 is 1.29 bits per heavy atom. The minimum atomic E-state index is -0.406. The summed E-state index contributed by atoms with van der Waals surface area (Å²) in [5, 5.41) is 12.1. The monoisotopic (exact) mass is 291 g/mol. The van der Waals surface area contributed by atoms with Gasteiger partial charge < -0.3 is 14.8 Å². The lowest BCUT2D eigenvalue weighted by Gasteiger charge is -2.07. The molecule has 21 heavy (non-hydrogen) atoms. The van der Waals surface area contributed by atoms with Crippen molar-refractivity contribution < 1.29 is 18.7 Å². The van der Waals surface area contributed by atoms with E-state index in [4.69, 9.17) is 4.42 Å². The van der Waals surface area contributed by atoms with Crippen LogP contribution in [0.5, 0.6) is 0 Å². The van der Waals surface area contributed by atoms with Gasteiger partial charge in [0.1, 0.15) is 11.6 Å². The van der Waals surface area contributed by atoms with Crippen LogP contribution in [0, 0.1) is 5.82 Å². The average molecular weight is 291 g/mol. The highest BCUT2D eigenvalue weighted by atomic mass is 19.1. The van der Waals surface area contributed by atoms with Crippen molar-refractivity contribution in [3.05, 3.63) is 48.0 Å². The lowest BCUT2D eigenvalue weighted by Crippen LogP contribution is -2.26. The van der Waals surface area contributed by atoms with Gasteiger partial charge in [-0.15, -0.1) is 0 Å². The number of aliphatic hydroxyl groups is 1. The molecular weight excluding hydrogens is 273 g/mol. The molecule has 1 atom stereocenters. The van der Waals surface area contributed by atoms with Crippen LogP contribution in [-0.4, -0.2) is 23.7 Å². The summed E-state index contributed by atoms with van der Waals surface area (Å²) < 4.78 is 18.3. The Bertz CT molecular complexity index is 592. The number of furan rings is 1. The second-order valence-electron chi connectivity index (χ2n) is 4.78. The molecule has 2 rings (SSSR count). The van der Waals surface area contributed by atoms with Crippen molar-refractivity contribution in [2.75, 3.05) is 6.54 Å². The van der Waals surface area contributed by atoms with Crippen LogP contribution >= 0.6 is 0 Å². The molecule has 1 amide bonds. The number of amides is 1. The average Bonchev–Trinajstić information content (AvgIpc) is 2.97. The van der Waals surface area contributed by atoms with Crippen LogP contribution in [0.25, 0.3) is 11.3 Å². The van der Waals surface area contributed by atoms with Gasteiger partial charge in [-0.25, -0.2) is 4.39 Å². The van der Waals surface area contributed by atoms with Gasteiger partial charge in [-0.05, 0) is 49.2 Å². The third-order valence-electron chi connectivity index (χ3n) is 3.19. The highest BCUT2D eigenvalue weighted by Crippen LogP contribution is 2.22. The molecule has 2 aromatic rings. The molecule has 112 valence electrons. The predicted molar refractivity (Wildman–Crippen MR) is 77.4 cm³/mol. The van der Waals surface area contributed by atoms with E-state index in [1.54, 1.807) is 24.3 Å². The van der Waals surface area contributed by atoms with E-state index in [2.05, 4.69) is 5.32 Å². The Balaban J connectivity index is 1.96. The van der Waals surface area contributed by atoms with Gasteiger partial charge in [-0.2, -0.15) is 0 Å². The topological polar surface area (TPSA) is 62.5 Å². The van der Waals surface area contributed by atoms with Gasteiger partial charge in [0.05, 0.1) is 6.10 Å². The van der Waals surface area contributed by atoms with Crippen LogP contribution in [0.1, 0.15) is 30.3 Å². The van der Waals surface area contributed by atoms with Gasteiger partial charge in [-0.1, -0.05) is 6.92 Å². The number of hydrogen-bond donors (Lipinski definition) is 2. The largest absolute Gasteiger partial charge is 0.451 e. The molecule has 0 aliphatic rings. The fourth-order valence-corrected chi connectivity index (χ4v) is 1.87.